The van der Waals surface area contributed by atoms with Crippen LogP contribution in [0.25, 0.3) is 11.3 Å². The Hall–Kier alpha value is -2.17. The molecule has 1 fully saturated rings. The van der Waals surface area contributed by atoms with Gasteiger partial charge in [-0.05, 0) is 30.4 Å². The fourth-order valence-corrected chi connectivity index (χ4v) is 2.76. The first-order valence-corrected chi connectivity index (χ1v) is 6.60. The normalized spacial score (nSPS) is 15.8. The van der Waals surface area contributed by atoms with Crippen LogP contribution in [0.5, 0.6) is 0 Å². The summed E-state index contributed by atoms with van der Waals surface area (Å²) in [5.41, 5.74) is 14.3. The summed E-state index contributed by atoms with van der Waals surface area (Å²) in [6.45, 7) is 0. The molecular weight excluding hydrogens is 238 g/mol. The maximum atomic E-state index is 5.86. The number of hydrogen-bond donors (Lipinski definition) is 2. The van der Waals surface area contributed by atoms with Gasteiger partial charge in [0.25, 0.3) is 0 Å². The van der Waals surface area contributed by atoms with Gasteiger partial charge in [-0.1, -0.05) is 31.0 Å². The summed E-state index contributed by atoms with van der Waals surface area (Å²) in [4.78, 5) is 3.96. The lowest BCUT2D eigenvalue weighted by atomic mass is 9.95. The molecule has 5 nitrogen and oxygen atoms in total. The quantitative estimate of drug-likeness (QED) is 0.859. The molecule has 19 heavy (non-hydrogen) atoms. The second-order valence-corrected chi connectivity index (χ2v) is 5.01. The number of nitrogens with two attached hydrogens (primary N) is 2. The number of anilines is 2. The monoisotopic (exact) mass is 255 g/mol. The van der Waals surface area contributed by atoms with Gasteiger partial charge in [-0.25, -0.2) is 0 Å². The Morgan fingerprint density at radius 3 is 2.58 bits per heavy atom. The van der Waals surface area contributed by atoms with E-state index in [9.17, 15) is 0 Å². The third-order valence-electron chi connectivity index (χ3n) is 3.72. The van der Waals surface area contributed by atoms with Crippen molar-refractivity contribution in [2.45, 2.75) is 31.6 Å². The molecule has 4 N–H and O–H groups in total. The van der Waals surface area contributed by atoms with Crippen molar-refractivity contribution in [1.29, 1.82) is 0 Å². The zero-order valence-electron chi connectivity index (χ0n) is 10.7. The fraction of sp³-hybridized carbons (Fsp3) is 0.357. The molecule has 2 aromatic rings. The van der Waals surface area contributed by atoms with E-state index in [0.717, 1.165) is 5.56 Å². The maximum Gasteiger partial charge on any atom is 0.242 e. The smallest absolute Gasteiger partial charge is 0.242 e. The van der Waals surface area contributed by atoms with Crippen molar-refractivity contribution in [2.75, 3.05) is 11.5 Å². The first kappa shape index (κ1) is 11.9. The number of hydrogen-bond acceptors (Lipinski definition) is 5. The molecule has 1 aliphatic rings. The molecule has 0 bridgehead atoms. The minimum atomic E-state index is 0.105. The molecule has 0 amide bonds. The van der Waals surface area contributed by atoms with Crippen molar-refractivity contribution in [3.8, 4) is 11.3 Å². The molecule has 1 heterocycles. The van der Waals surface area contributed by atoms with E-state index in [1.165, 1.54) is 31.2 Å². The van der Waals surface area contributed by atoms with E-state index in [1.54, 1.807) is 0 Å². The van der Waals surface area contributed by atoms with Crippen LogP contribution >= 0.6 is 0 Å². The van der Waals surface area contributed by atoms with E-state index in [-0.39, 0.29) is 5.95 Å². The van der Waals surface area contributed by atoms with Gasteiger partial charge in [-0.2, -0.15) is 4.98 Å². The standard InChI is InChI=1S/C14H17N5/c15-13-12(18-19-14(16)17-13)11-7-3-6-10(8-11)9-4-1-2-5-9/h3,6-9H,1-2,4-5H2,(H4,15,16,17,19). The van der Waals surface area contributed by atoms with Crippen LogP contribution in [0.1, 0.15) is 37.2 Å². The Morgan fingerprint density at radius 1 is 1.05 bits per heavy atom. The van der Waals surface area contributed by atoms with Crippen LogP contribution in [0.4, 0.5) is 11.8 Å². The third kappa shape index (κ3) is 2.36. The lowest BCUT2D eigenvalue weighted by Crippen LogP contribution is -2.04. The fourth-order valence-electron chi connectivity index (χ4n) is 2.76. The average Bonchev–Trinajstić information content (AvgIpc) is 2.93. The van der Waals surface area contributed by atoms with Gasteiger partial charge >= 0.3 is 0 Å². The molecule has 1 aromatic heterocycles. The molecule has 0 radical (unpaired) electrons. The van der Waals surface area contributed by atoms with Gasteiger partial charge in [0.1, 0.15) is 5.69 Å². The Kier molecular flexibility index (Phi) is 3.03. The Morgan fingerprint density at radius 2 is 1.84 bits per heavy atom. The number of rotatable bonds is 2. The summed E-state index contributed by atoms with van der Waals surface area (Å²) in [6.07, 6.45) is 5.18. The van der Waals surface area contributed by atoms with E-state index in [4.69, 9.17) is 11.5 Å². The number of aromatic nitrogens is 3. The van der Waals surface area contributed by atoms with Crippen molar-refractivity contribution in [3.05, 3.63) is 29.8 Å². The molecule has 0 unspecified atom stereocenters. The molecule has 0 atom stereocenters. The molecule has 1 aromatic carbocycles. The van der Waals surface area contributed by atoms with E-state index in [2.05, 4.69) is 27.3 Å². The van der Waals surface area contributed by atoms with Crippen LogP contribution in [0.15, 0.2) is 24.3 Å². The van der Waals surface area contributed by atoms with Crippen molar-refractivity contribution in [1.82, 2.24) is 15.2 Å². The highest BCUT2D eigenvalue weighted by Crippen LogP contribution is 2.35. The highest BCUT2D eigenvalue weighted by Gasteiger charge is 2.18. The molecule has 0 spiro atoms. The van der Waals surface area contributed by atoms with Crippen LogP contribution < -0.4 is 11.5 Å². The van der Waals surface area contributed by atoms with Crippen molar-refractivity contribution >= 4 is 11.8 Å². The molecular formula is C14H17N5. The molecule has 3 rings (SSSR count). The summed E-state index contributed by atoms with van der Waals surface area (Å²) < 4.78 is 0. The Labute approximate surface area is 112 Å². The summed E-state index contributed by atoms with van der Waals surface area (Å²) in [5, 5.41) is 7.83. The zero-order chi connectivity index (χ0) is 13.2. The van der Waals surface area contributed by atoms with Crippen LogP contribution in [-0.2, 0) is 0 Å². The topological polar surface area (TPSA) is 90.7 Å². The molecule has 0 saturated heterocycles. The van der Waals surface area contributed by atoms with E-state index in [1.807, 2.05) is 12.1 Å². The summed E-state index contributed by atoms with van der Waals surface area (Å²) in [5.74, 6) is 1.10. The molecule has 1 aliphatic carbocycles. The maximum absolute atomic E-state index is 5.86. The third-order valence-corrected chi connectivity index (χ3v) is 3.72. The SMILES string of the molecule is Nc1nnc(-c2cccc(C3CCCC3)c2)c(N)n1. The van der Waals surface area contributed by atoms with Crippen LogP contribution in [0.2, 0.25) is 0 Å². The zero-order valence-corrected chi connectivity index (χ0v) is 10.7. The van der Waals surface area contributed by atoms with Gasteiger partial charge in [-0.3, -0.25) is 0 Å². The van der Waals surface area contributed by atoms with Crippen molar-refractivity contribution in [2.24, 2.45) is 0 Å². The first-order valence-electron chi connectivity index (χ1n) is 6.60. The highest BCUT2D eigenvalue weighted by molar-refractivity contribution is 5.70. The molecule has 5 heteroatoms. The van der Waals surface area contributed by atoms with Gasteiger partial charge in [0.05, 0.1) is 0 Å². The second kappa shape index (κ2) is 4.84. The summed E-state index contributed by atoms with van der Waals surface area (Å²) >= 11 is 0. The van der Waals surface area contributed by atoms with E-state index >= 15 is 0 Å². The largest absolute Gasteiger partial charge is 0.382 e. The Bertz CT molecular complexity index is 590. The molecule has 0 aliphatic heterocycles. The minimum Gasteiger partial charge on any atom is -0.382 e. The minimum absolute atomic E-state index is 0.105. The van der Waals surface area contributed by atoms with E-state index < -0.39 is 0 Å². The van der Waals surface area contributed by atoms with Crippen molar-refractivity contribution in [3.63, 3.8) is 0 Å². The highest BCUT2D eigenvalue weighted by atomic mass is 15.2. The van der Waals surface area contributed by atoms with Gasteiger partial charge in [-0.15, -0.1) is 10.2 Å². The van der Waals surface area contributed by atoms with Gasteiger partial charge in [0, 0.05) is 5.56 Å². The predicted octanol–water partition coefficient (Wildman–Crippen LogP) is 2.36. The molecule has 98 valence electrons. The summed E-state index contributed by atoms with van der Waals surface area (Å²) in [6, 6.07) is 8.35. The van der Waals surface area contributed by atoms with Gasteiger partial charge in [0.15, 0.2) is 5.82 Å². The van der Waals surface area contributed by atoms with Crippen molar-refractivity contribution < 1.29 is 0 Å². The number of nitrogens with zero attached hydrogens (tertiary/aromatic N) is 3. The lowest BCUT2D eigenvalue weighted by Gasteiger charge is -2.11. The lowest BCUT2D eigenvalue weighted by molar-refractivity contribution is 0.723. The second-order valence-electron chi connectivity index (χ2n) is 5.01. The first-order chi connectivity index (χ1) is 9.24. The molecule has 1 saturated carbocycles. The van der Waals surface area contributed by atoms with Crippen LogP contribution in [-0.4, -0.2) is 15.2 Å². The average molecular weight is 255 g/mol. The van der Waals surface area contributed by atoms with Crippen LogP contribution in [0.3, 0.4) is 0 Å². The predicted molar refractivity (Wildman–Crippen MR) is 75.3 cm³/mol. The van der Waals surface area contributed by atoms with Gasteiger partial charge < -0.3 is 11.5 Å². The summed E-state index contributed by atoms with van der Waals surface area (Å²) in [7, 11) is 0. The Balaban J connectivity index is 1.98. The van der Waals surface area contributed by atoms with Gasteiger partial charge in [0.2, 0.25) is 5.95 Å². The van der Waals surface area contributed by atoms with Crippen LogP contribution in [0, 0.1) is 0 Å². The number of benzene rings is 1. The van der Waals surface area contributed by atoms with E-state index in [0.29, 0.717) is 17.4 Å². The number of nitrogen functional groups attached to an aromatic ring is 2.